The Balaban J connectivity index is 2.29. The number of carbonyl (C=O) groups excluding carboxylic acids is 3. The van der Waals surface area contributed by atoms with Crippen LogP contribution in [0, 0.1) is 16.7 Å². The number of esters is 2. The van der Waals surface area contributed by atoms with Gasteiger partial charge in [-0.1, -0.05) is 19.9 Å². The van der Waals surface area contributed by atoms with Gasteiger partial charge in [-0.2, -0.15) is 0 Å². The highest BCUT2D eigenvalue weighted by Crippen LogP contribution is 2.52. The molecule has 1 saturated carbocycles. The van der Waals surface area contributed by atoms with E-state index in [2.05, 4.69) is 0 Å². The van der Waals surface area contributed by atoms with Gasteiger partial charge in [0.15, 0.2) is 11.9 Å². The molecule has 3 N–H and O–H groups in total. The standard InChI is InChI=1S/C24H34O8/c1-11-16(27)8-15-18(29)7-14-10-24(6,19(9-17(14)28)31-12(2)25)22(30)21(32-13(3)26)20(11)23(15,4)5/h7,15-19,21,27-29H,8-10H2,1-6H3/b14-7-/t15-,16-,17-,18-,19-,21+,24-/m0/s1. The molecule has 8 heteroatoms. The van der Waals surface area contributed by atoms with Crippen LogP contribution in [-0.4, -0.2) is 63.6 Å². The summed E-state index contributed by atoms with van der Waals surface area (Å²) in [6, 6.07) is 0. The highest BCUT2D eigenvalue weighted by Gasteiger charge is 2.57. The van der Waals surface area contributed by atoms with E-state index >= 15 is 0 Å². The maximum atomic E-state index is 14.1. The fraction of sp³-hybridized carbons (Fsp3) is 0.708. The van der Waals surface area contributed by atoms with E-state index in [0.717, 1.165) is 0 Å². The van der Waals surface area contributed by atoms with Crippen molar-refractivity contribution in [1.82, 2.24) is 0 Å². The van der Waals surface area contributed by atoms with Gasteiger partial charge in [0.25, 0.3) is 0 Å². The summed E-state index contributed by atoms with van der Waals surface area (Å²) in [5, 5.41) is 32.7. The lowest BCUT2D eigenvalue weighted by molar-refractivity contribution is -0.170. The molecule has 0 heterocycles. The third kappa shape index (κ3) is 4.04. The summed E-state index contributed by atoms with van der Waals surface area (Å²) in [7, 11) is 0. The fourth-order valence-electron chi connectivity index (χ4n) is 5.82. The summed E-state index contributed by atoms with van der Waals surface area (Å²) in [6.45, 7) is 9.49. The summed E-state index contributed by atoms with van der Waals surface area (Å²) in [5.41, 5.74) is -0.648. The molecule has 4 bridgehead atoms. The first-order chi connectivity index (χ1) is 14.7. The van der Waals surface area contributed by atoms with E-state index in [1.54, 1.807) is 19.9 Å². The average molecular weight is 451 g/mol. The number of ketones is 1. The lowest BCUT2D eigenvalue weighted by atomic mass is 9.57. The van der Waals surface area contributed by atoms with Crippen LogP contribution in [0.15, 0.2) is 22.8 Å². The van der Waals surface area contributed by atoms with Gasteiger partial charge in [0.2, 0.25) is 0 Å². The SMILES string of the molecule is CC(=O)O[C@H]1C(=O)[C@@]2(C)C/C(=C/[C@H](O)[C@@H]3C[C@H](O)C(C)=C1C3(C)C)[C@@H](O)C[C@@H]2OC(C)=O. The number of hydrogen-bond donors (Lipinski definition) is 3. The first kappa shape index (κ1) is 24.6. The zero-order valence-corrected chi connectivity index (χ0v) is 19.5. The number of carbonyl (C=O) groups is 3. The molecular weight excluding hydrogens is 416 g/mol. The van der Waals surface area contributed by atoms with Crippen LogP contribution in [0.2, 0.25) is 0 Å². The van der Waals surface area contributed by atoms with Gasteiger partial charge in [0.05, 0.1) is 23.7 Å². The highest BCUT2D eigenvalue weighted by atomic mass is 16.6. The zero-order chi connectivity index (χ0) is 24.2. The molecule has 0 spiro atoms. The normalized spacial score (nSPS) is 40.8. The van der Waals surface area contributed by atoms with Crippen molar-refractivity contribution in [1.29, 1.82) is 0 Å². The predicted octanol–water partition coefficient (Wildman–Crippen LogP) is 1.60. The molecule has 0 amide bonds. The number of aliphatic hydroxyl groups excluding tert-OH is 3. The largest absolute Gasteiger partial charge is 0.461 e. The molecule has 3 aliphatic carbocycles. The molecule has 0 radical (unpaired) electrons. The van der Waals surface area contributed by atoms with E-state index < -0.39 is 65.0 Å². The van der Waals surface area contributed by atoms with Gasteiger partial charge in [0, 0.05) is 26.2 Å². The van der Waals surface area contributed by atoms with Crippen LogP contribution in [0.4, 0.5) is 0 Å². The Labute approximate surface area is 188 Å². The summed E-state index contributed by atoms with van der Waals surface area (Å²) in [6.07, 6.45) is -3.33. The van der Waals surface area contributed by atoms with E-state index in [9.17, 15) is 29.7 Å². The molecule has 1 fully saturated rings. The van der Waals surface area contributed by atoms with Crippen molar-refractivity contribution in [3.05, 3.63) is 22.8 Å². The van der Waals surface area contributed by atoms with Crippen molar-refractivity contribution in [2.45, 2.75) is 91.3 Å². The average Bonchev–Trinajstić information content (AvgIpc) is 2.65. The number of ether oxygens (including phenoxy) is 2. The third-order valence-corrected chi connectivity index (χ3v) is 7.62. The van der Waals surface area contributed by atoms with Gasteiger partial charge >= 0.3 is 11.9 Å². The number of fused-ring (bicyclic) bond motifs is 4. The van der Waals surface area contributed by atoms with Gasteiger partial charge in [0.1, 0.15) is 6.10 Å². The maximum absolute atomic E-state index is 14.1. The number of rotatable bonds is 2. The van der Waals surface area contributed by atoms with Crippen LogP contribution in [0.25, 0.3) is 0 Å². The molecule has 0 aromatic rings. The minimum atomic E-state index is -1.31. The van der Waals surface area contributed by atoms with Crippen molar-refractivity contribution in [2.75, 3.05) is 0 Å². The van der Waals surface area contributed by atoms with Crippen LogP contribution in [0.3, 0.4) is 0 Å². The molecule has 0 aromatic heterocycles. The molecule has 178 valence electrons. The number of aliphatic hydroxyl groups is 3. The second-order valence-corrected chi connectivity index (χ2v) is 10.2. The first-order valence-electron chi connectivity index (χ1n) is 11.0. The predicted molar refractivity (Wildman–Crippen MR) is 114 cm³/mol. The molecule has 0 saturated heterocycles. The van der Waals surface area contributed by atoms with Crippen molar-refractivity contribution >= 4 is 17.7 Å². The fourth-order valence-corrected chi connectivity index (χ4v) is 5.82. The Morgan fingerprint density at radius 3 is 2.16 bits per heavy atom. The van der Waals surface area contributed by atoms with E-state index in [1.807, 2.05) is 13.8 Å². The summed E-state index contributed by atoms with van der Waals surface area (Å²) in [5.74, 6) is -2.18. The van der Waals surface area contributed by atoms with Crippen molar-refractivity contribution in [3.63, 3.8) is 0 Å². The van der Waals surface area contributed by atoms with Crippen LogP contribution < -0.4 is 0 Å². The lowest BCUT2D eigenvalue weighted by Gasteiger charge is -2.50. The van der Waals surface area contributed by atoms with Crippen LogP contribution >= 0.6 is 0 Å². The Morgan fingerprint density at radius 1 is 1.00 bits per heavy atom. The van der Waals surface area contributed by atoms with Crippen LogP contribution in [0.5, 0.6) is 0 Å². The van der Waals surface area contributed by atoms with Crippen molar-refractivity contribution < 1.29 is 39.2 Å². The van der Waals surface area contributed by atoms with E-state index in [-0.39, 0.29) is 19.3 Å². The Bertz CT molecular complexity index is 884. The second kappa shape index (κ2) is 8.39. The monoisotopic (exact) mass is 450 g/mol. The molecule has 0 unspecified atom stereocenters. The summed E-state index contributed by atoms with van der Waals surface area (Å²) >= 11 is 0. The van der Waals surface area contributed by atoms with Gasteiger partial charge in [-0.25, -0.2) is 0 Å². The van der Waals surface area contributed by atoms with Crippen molar-refractivity contribution in [3.8, 4) is 0 Å². The van der Waals surface area contributed by atoms with E-state index in [1.165, 1.54) is 13.8 Å². The minimum Gasteiger partial charge on any atom is -0.461 e. The smallest absolute Gasteiger partial charge is 0.303 e. The van der Waals surface area contributed by atoms with E-state index in [0.29, 0.717) is 16.7 Å². The Kier molecular flexibility index (Phi) is 6.45. The third-order valence-electron chi connectivity index (χ3n) is 7.62. The van der Waals surface area contributed by atoms with Gasteiger partial charge in [-0.15, -0.1) is 0 Å². The second-order valence-electron chi connectivity index (χ2n) is 10.2. The summed E-state index contributed by atoms with van der Waals surface area (Å²) < 4.78 is 11.0. The molecule has 7 atom stereocenters. The van der Waals surface area contributed by atoms with Gasteiger partial charge < -0.3 is 24.8 Å². The number of hydrogen-bond acceptors (Lipinski definition) is 8. The molecule has 0 aliphatic heterocycles. The quantitative estimate of drug-likeness (QED) is 0.427. The molecule has 32 heavy (non-hydrogen) atoms. The van der Waals surface area contributed by atoms with Gasteiger partial charge in [-0.05, 0) is 48.8 Å². The number of Topliss-reactive ketones (excluding diaryl/α,β-unsaturated/α-hetero) is 1. The topological polar surface area (TPSA) is 130 Å². The molecule has 3 aliphatic rings. The van der Waals surface area contributed by atoms with E-state index in [4.69, 9.17) is 9.47 Å². The maximum Gasteiger partial charge on any atom is 0.303 e. The zero-order valence-electron chi connectivity index (χ0n) is 19.5. The molecule has 0 aromatic carbocycles. The Hall–Kier alpha value is -2.03. The highest BCUT2D eigenvalue weighted by molar-refractivity contribution is 5.94. The molecule has 8 nitrogen and oxygen atoms in total. The van der Waals surface area contributed by atoms with Gasteiger partial charge in [-0.3, -0.25) is 14.4 Å². The van der Waals surface area contributed by atoms with Crippen LogP contribution in [-0.2, 0) is 23.9 Å². The van der Waals surface area contributed by atoms with Crippen LogP contribution in [0.1, 0.15) is 60.8 Å². The molecular formula is C24H34O8. The van der Waals surface area contributed by atoms with Crippen molar-refractivity contribution in [2.24, 2.45) is 16.7 Å². The first-order valence-corrected chi connectivity index (χ1v) is 11.0. The minimum absolute atomic E-state index is 0.0120. The Morgan fingerprint density at radius 2 is 1.59 bits per heavy atom. The lowest BCUT2D eigenvalue weighted by Crippen LogP contribution is -2.56. The molecule has 3 rings (SSSR count). The summed E-state index contributed by atoms with van der Waals surface area (Å²) in [4.78, 5) is 38.0.